The summed E-state index contributed by atoms with van der Waals surface area (Å²) >= 11 is 0. The first-order valence-corrected chi connectivity index (χ1v) is 6.74. The fourth-order valence-electron chi connectivity index (χ4n) is 2.62. The predicted octanol–water partition coefficient (Wildman–Crippen LogP) is 3.53. The van der Waals surface area contributed by atoms with Gasteiger partial charge in [0, 0.05) is 11.6 Å². The topological polar surface area (TPSA) is 21.3 Å². The van der Waals surface area contributed by atoms with Gasteiger partial charge in [-0.15, -0.1) is 0 Å². The minimum absolute atomic E-state index is 0.0811. The van der Waals surface area contributed by atoms with Gasteiger partial charge in [-0.05, 0) is 37.3 Å². The van der Waals surface area contributed by atoms with Crippen molar-refractivity contribution >= 4 is 0 Å². The van der Waals surface area contributed by atoms with Crippen molar-refractivity contribution in [3.8, 4) is 5.75 Å². The van der Waals surface area contributed by atoms with Crippen LogP contribution in [0.15, 0.2) is 18.2 Å². The number of nitrogens with one attached hydrogen (secondary N) is 1. The summed E-state index contributed by atoms with van der Waals surface area (Å²) < 4.78 is 19.4. The first-order chi connectivity index (χ1) is 8.69. The molecule has 1 fully saturated rings. The third-order valence-electron chi connectivity index (χ3n) is 3.86. The Hall–Kier alpha value is -1.09. The number of halogens is 1. The molecule has 1 saturated carbocycles. The molecule has 1 aromatic carbocycles. The SMILES string of the molecule is CCNC(c1cccc(OC)c1F)C(C)C1CC1. The quantitative estimate of drug-likeness (QED) is 0.835. The average Bonchev–Trinajstić information content (AvgIpc) is 3.20. The van der Waals surface area contributed by atoms with Crippen LogP contribution >= 0.6 is 0 Å². The van der Waals surface area contributed by atoms with Crippen molar-refractivity contribution < 1.29 is 9.13 Å². The highest BCUT2D eigenvalue weighted by molar-refractivity contribution is 5.33. The molecular weight excluding hydrogens is 229 g/mol. The van der Waals surface area contributed by atoms with E-state index in [2.05, 4.69) is 19.2 Å². The van der Waals surface area contributed by atoms with Gasteiger partial charge < -0.3 is 10.1 Å². The van der Waals surface area contributed by atoms with Crippen LogP contribution in [0.5, 0.6) is 5.75 Å². The van der Waals surface area contributed by atoms with Crippen molar-refractivity contribution in [3.05, 3.63) is 29.6 Å². The Bertz CT molecular complexity index is 403. The van der Waals surface area contributed by atoms with Crippen molar-refractivity contribution in [3.63, 3.8) is 0 Å². The number of methoxy groups -OCH3 is 1. The number of rotatable bonds is 6. The largest absolute Gasteiger partial charge is 0.494 e. The zero-order valence-electron chi connectivity index (χ0n) is 11.4. The van der Waals surface area contributed by atoms with Crippen LogP contribution in [0.1, 0.15) is 38.3 Å². The number of ether oxygens (including phenoxy) is 1. The lowest BCUT2D eigenvalue weighted by Crippen LogP contribution is -2.28. The summed E-state index contributed by atoms with van der Waals surface area (Å²) in [6, 6.07) is 5.48. The minimum atomic E-state index is -0.224. The fourth-order valence-corrected chi connectivity index (χ4v) is 2.62. The van der Waals surface area contributed by atoms with Gasteiger partial charge in [0.1, 0.15) is 0 Å². The van der Waals surface area contributed by atoms with E-state index >= 15 is 0 Å². The standard InChI is InChI=1S/C15H22FNO/c1-4-17-15(10(2)11-8-9-11)12-6-5-7-13(18-3)14(12)16/h5-7,10-11,15,17H,4,8-9H2,1-3H3. The normalized spacial score (nSPS) is 18.4. The third-order valence-corrected chi connectivity index (χ3v) is 3.86. The maximum absolute atomic E-state index is 14.3. The lowest BCUT2D eigenvalue weighted by atomic mass is 9.90. The third kappa shape index (κ3) is 2.66. The summed E-state index contributed by atoms with van der Waals surface area (Å²) in [6.07, 6.45) is 2.54. The molecule has 0 bridgehead atoms. The van der Waals surface area contributed by atoms with Gasteiger partial charge in [-0.25, -0.2) is 4.39 Å². The lowest BCUT2D eigenvalue weighted by molar-refractivity contribution is 0.334. The maximum atomic E-state index is 14.3. The molecule has 0 aromatic heterocycles. The summed E-state index contributed by atoms with van der Waals surface area (Å²) in [5.74, 6) is 1.31. The summed E-state index contributed by atoms with van der Waals surface area (Å²) in [5, 5.41) is 3.42. The van der Waals surface area contributed by atoms with Gasteiger partial charge in [-0.1, -0.05) is 26.0 Å². The van der Waals surface area contributed by atoms with Gasteiger partial charge in [0.05, 0.1) is 7.11 Å². The zero-order chi connectivity index (χ0) is 13.1. The van der Waals surface area contributed by atoms with Crippen LogP contribution < -0.4 is 10.1 Å². The molecule has 100 valence electrons. The van der Waals surface area contributed by atoms with Crippen LogP contribution in [0.3, 0.4) is 0 Å². The molecular formula is C15H22FNO. The van der Waals surface area contributed by atoms with Gasteiger partial charge in [0.2, 0.25) is 0 Å². The maximum Gasteiger partial charge on any atom is 0.169 e. The molecule has 1 N–H and O–H groups in total. The number of benzene rings is 1. The molecule has 0 radical (unpaired) electrons. The van der Waals surface area contributed by atoms with Crippen LogP contribution in [0.4, 0.5) is 4.39 Å². The second-order valence-corrected chi connectivity index (χ2v) is 5.10. The van der Waals surface area contributed by atoms with Crippen molar-refractivity contribution in [2.45, 2.75) is 32.7 Å². The van der Waals surface area contributed by atoms with E-state index in [-0.39, 0.29) is 11.9 Å². The van der Waals surface area contributed by atoms with Crippen LogP contribution in [0, 0.1) is 17.7 Å². The zero-order valence-corrected chi connectivity index (χ0v) is 11.4. The van der Waals surface area contributed by atoms with Gasteiger partial charge in [-0.3, -0.25) is 0 Å². The van der Waals surface area contributed by atoms with E-state index in [0.717, 1.165) is 18.0 Å². The Morgan fingerprint density at radius 2 is 2.17 bits per heavy atom. The molecule has 1 aliphatic carbocycles. The summed E-state index contributed by atoms with van der Waals surface area (Å²) in [4.78, 5) is 0. The second kappa shape index (κ2) is 5.70. The average molecular weight is 251 g/mol. The number of hydrogen-bond donors (Lipinski definition) is 1. The highest BCUT2D eigenvalue weighted by Gasteiger charge is 2.35. The summed E-state index contributed by atoms with van der Waals surface area (Å²) in [7, 11) is 1.51. The lowest BCUT2D eigenvalue weighted by Gasteiger charge is -2.26. The molecule has 3 heteroatoms. The summed E-state index contributed by atoms with van der Waals surface area (Å²) in [6.45, 7) is 5.12. The molecule has 0 amide bonds. The Morgan fingerprint density at radius 1 is 1.44 bits per heavy atom. The molecule has 0 spiro atoms. The van der Waals surface area contributed by atoms with Crippen molar-refractivity contribution in [1.82, 2.24) is 5.32 Å². The Kier molecular flexibility index (Phi) is 4.23. The molecule has 0 aliphatic heterocycles. The second-order valence-electron chi connectivity index (χ2n) is 5.10. The van der Waals surface area contributed by atoms with Gasteiger partial charge in [-0.2, -0.15) is 0 Å². The van der Waals surface area contributed by atoms with Crippen molar-refractivity contribution in [2.75, 3.05) is 13.7 Å². The Labute approximate surface area is 109 Å². The van der Waals surface area contributed by atoms with E-state index in [1.54, 1.807) is 6.07 Å². The molecule has 2 rings (SSSR count). The molecule has 1 aliphatic rings. The van der Waals surface area contributed by atoms with Crippen LogP contribution in [0.2, 0.25) is 0 Å². The van der Waals surface area contributed by atoms with E-state index in [0.29, 0.717) is 11.7 Å². The fraction of sp³-hybridized carbons (Fsp3) is 0.600. The molecule has 0 heterocycles. The predicted molar refractivity (Wildman–Crippen MR) is 71.3 cm³/mol. The van der Waals surface area contributed by atoms with Crippen molar-refractivity contribution in [1.29, 1.82) is 0 Å². The summed E-state index contributed by atoms with van der Waals surface area (Å²) in [5.41, 5.74) is 0.732. The first kappa shape index (κ1) is 13.3. The minimum Gasteiger partial charge on any atom is -0.494 e. The van der Waals surface area contributed by atoms with E-state index in [1.165, 1.54) is 20.0 Å². The smallest absolute Gasteiger partial charge is 0.169 e. The van der Waals surface area contributed by atoms with Gasteiger partial charge >= 0.3 is 0 Å². The molecule has 1 aromatic rings. The highest BCUT2D eigenvalue weighted by Crippen LogP contribution is 2.43. The highest BCUT2D eigenvalue weighted by atomic mass is 19.1. The van der Waals surface area contributed by atoms with E-state index in [1.807, 2.05) is 12.1 Å². The monoisotopic (exact) mass is 251 g/mol. The molecule has 2 nitrogen and oxygen atoms in total. The van der Waals surface area contributed by atoms with Crippen LogP contribution in [-0.4, -0.2) is 13.7 Å². The number of hydrogen-bond acceptors (Lipinski definition) is 2. The molecule has 2 atom stereocenters. The van der Waals surface area contributed by atoms with Gasteiger partial charge in [0.25, 0.3) is 0 Å². The molecule has 18 heavy (non-hydrogen) atoms. The van der Waals surface area contributed by atoms with E-state index in [9.17, 15) is 4.39 Å². The Morgan fingerprint density at radius 3 is 2.72 bits per heavy atom. The Balaban J connectivity index is 2.29. The van der Waals surface area contributed by atoms with Crippen LogP contribution in [0.25, 0.3) is 0 Å². The van der Waals surface area contributed by atoms with Gasteiger partial charge in [0.15, 0.2) is 11.6 Å². The van der Waals surface area contributed by atoms with Crippen molar-refractivity contribution in [2.24, 2.45) is 11.8 Å². The molecule has 2 unspecified atom stereocenters. The van der Waals surface area contributed by atoms with Crippen LogP contribution in [-0.2, 0) is 0 Å². The van der Waals surface area contributed by atoms with E-state index < -0.39 is 0 Å². The molecule has 0 saturated heterocycles. The van der Waals surface area contributed by atoms with E-state index in [4.69, 9.17) is 4.74 Å². The first-order valence-electron chi connectivity index (χ1n) is 6.74.